The molecule has 3 aromatic carbocycles. The van der Waals surface area contributed by atoms with Gasteiger partial charge in [-0.25, -0.2) is 0 Å². The van der Waals surface area contributed by atoms with Gasteiger partial charge in [0.25, 0.3) is 0 Å². The number of aromatic nitrogens is 1. The summed E-state index contributed by atoms with van der Waals surface area (Å²) in [4.78, 5) is 5.37. The number of nitrogens with one attached hydrogen (secondary N) is 1. The summed E-state index contributed by atoms with van der Waals surface area (Å²) in [6.07, 6.45) is 2.55. The first kappa shape index (κ1) is 21.8. The van der Waals surface area contributed by atoms with Crippen molar-refractivity contribution in [3.63, 3.8) is 0 Å². The highest BCUT2D eigenvalue weighted by atomic mass is 16.5. The quantitative estimate of drug-likeness (QED) is 0.399. The van der Waals surface area contributed by atoms with Gasteiger partial charge in [0.05, 0.1) is 12.7 Å². The summed E-state index contributed by atoms with van der Waals surface area (Å²) in [6.45, 7) is 2.21. The van der Waals surface area contributed by atoms with Crippen LogP contribution in [0.3, 0.4) is 0 Å². The van der Waals surface area contributed by atoms with E-state index in [0.717, 1.165) is 51.8 Å². The van der Waals surface area contributed by atoms with Gasteiger partial charge in [-0.15, -0.1) is 0 Å². The second-order valence-electron chi connectivity index (χ2n) is 8.92. The summed E-state index contributed by atoms with van der Waals surface area (Å²) in [5.41, 5.74) is 1.11. The van der Waals surface area contributed by atoms with Crippen molar-refractivity contribution < 1.29 is 19.7 Å². The van der Waals surface area contributed by atoms with E-state index >= 15 is 0 Å². The van der Waals surface area contributed by atoms with E-state index in [9.17, 15) is 10.2 Å². The van der Waals surface area contributed by atoms with Crippen LogP contribution in [0, 0.1) is 0 Å². The fraction of sp³-hybridized carbons (Fsp3) is 0.333. The van der Waals surface area contributed by atoms with Crippen LogP contribution in [0.5, 0.6) is 11.5 Å². The van der Waals surface area contributed by atoms with Gasteiger partial charge in [-0.1, -0.05) is 24.3 Å². The number of piperidine rings is 1. The Balaban J connectivity index is 1.17. The zero-order chi connectivity index (χ0) is 22.8. The molecule has 4 aromatic rings. The molecule has 3 N–H and O–H groups in total. The molecule has 1 saturated heterocycles. The number of ether oxygens (including phenoxy) is 2. The second-order valence-corrected chi connectivity index (χ2v) is 8.92. The third-order valence-electron chi connectivity index (χ3n) is 6.72. The Kier molecular flexibility index (Phi) is 5.98. The number of aromatic amines is 1. The minimum atomic E-state index is -0.851. The van der Waals surface area contributed by atoms with E-state index in [1.165, 1.54) is 0 Å². The van der Waals surface area contributed by atoms with Crippen molar-refractivity contribution in [1.82, 2.24) is 9.88 Å². The van der Waals surface area contributed by atoms with Gasteiger partial charge < -0.3 is 29.6 Å². The number of aliphatic hydroxyl groups is 2. The number of fused-ring (bicyclic) bond motifs is 2. The standard InChI is InChI=1S/C27H30N2O4/c1-32-23-8-6-19-15-21(7-5-20(19)16-23)27(31)10-13-29(14-11-27)17-22(30)18-33-26-4-2-3-25-24(26)9-12-28-25/h2-9,12,15-16,22,28,30-31H,10-11,13-14,17-18H2,1H3. The van der Waals surface area contributed by atoms with E-state index in [-0.39, 0.29) is 6.61 Å². The van der Waals surface area contributed by atoms with Crippen LogP contribution in [0.15, 0.2) is 66.9 Å². The molecule has 5 rings (SSSR count). The van der Waals surface area contributed by atoms with Crippen molar-refractivity contribution in [2.24, 2.45) is 0 Å². The Morgan fingerprint density at radius 3 is 2.64 bits per heavy atom. The van der Waals surface area contributed by atoms with Crippen LogP contribution in [0.2, 0.25) is 0 Å². The Morgan fingerprint density at radius 2 is 1.82 bits per heavy atom. The molecular formula is C27H30N2O4. The lowest BCUT2D eigenvalue weighted by molar-refractivity contribution is -0.0371. The van der Waals surface area contributed by atoms with E-state index in [1.54, 1.807) is 7.11 Å². The van der Waals surface area contributed by atoms with Crippen molar-refractivity contribution in [2.75, 3.05) is 33.4 Å². The molecule has 0 saturated carbocycles. The van der Waals surface area contributed by atoms with Crippen molar-refractivity contribution >= 4 is 21.7 Å². The fourth-order valence-electron chi connectivity index (χ4n) is 4.75. The van der Waals surface area contributed by atoms with Crippen molar-refractivity contribution in [1.29, 1.82) is 0 Å². The number of methoxy groups -OCH3 is 1. The summed E-state index contributed by atoms with van der Waals surface area (Å²) >= 11 is 0. The minimum absolute atomic E-state index is 0.235. The molecular weight excluding hydrogens is 416 g/mol. The third kappa shape index (κ3) is 4.55. The van der Waals surface area contributed by atoms with E-state index < -0.39 is 11.7 Å². The first-order valence-corrected chi connectivity index (χ1v) is 11.4. The molecule has 0 spiro atoms. The van der Waals surface area contributed by atoms with Crippen LogP contribution in [-0.4, -0.2) is 59.6 Å². The summed E-state index contributed by atoms with van der Waals surface area (Å²) in [5.74, 6) is 1.60. The Labute approximate surface area is 193 Å². The average molecular weight is 447 g/mol. The van der Waals surface area contributed by atoms with Crippen molar-refractivity contribution in [3.8, 4) is 11.5 Å². The van der Waals surface area contributed by atoms with Crippen LogP contribution in [0.4, 0.5) is 0 Å². The predicted octanol–water partition coefficient (Wildman–Crippen LogP) is 4.05. The van der Waals surface area contributed by atoms with Gasteiger partial charge in [0.15, 0.2) is 0 Å². The third-order valence-corrected chi connectivity index (χ3v) is 6.72. The number of β-amino-alcohol motifs (C(OH)–C–C–N with tert-alkyl or cyclic N) is 1. The molecule has 172 valence electrons. The highest BCUT2D eigenvalue weighted by Gasteiger charge is 2.34. The first-order chi connectivity index (χ1) is 16.0. The molecule has 1 aliphatic rings. The number of aliphatic hydroxyl groups excluding tert-OH is 1. The highest BCUT2D eigenvalue weighted by molar-refractivity contribution is 5.86. The largest absolute Gasteiger partial charge is 0.497 e. The number of hydrogen-bond acceptors (Lipinski definition) is 5. The monoisotopic (exact) mass is 446 g/mol. The molecule has 0 aliphatic carbocycles. The van der Waals surface area contributed by atoms with E-state index in [4.69, 9.17) is 9.47 Å². The van der Waals surface area contributed by atoms with E-state index in [0.29, 0.717) is 19.4 Å². The smallest absolute Gasteiger partial charge is 0.128 e. The number of nitrogens with zero attached hydrogens (tertiary/aromatic N) is 1. The number of benzene rings is 3. The Hall–Kier alpha value is -3.06. The maximum Gasteiger partial charge on any atom is 0.128 e. The maximum absolute atomic E-state index is 11.3. The van der Waals surface area contributed by atoms with Gasteiger partial charge in [0.1, 0.15) is 24.2 Å². The van der Waals surface area contributed by atoms with Crippen LogP contribution in [0.25, 0.3) is 21.7 Å². The Morgan fingerprint density at radius 1 is 1.03 bits per heavy atom. The predicted molar refractivity (Wildman–Crippen MR) is 130 cm³/mol. The Bertz CT molecular complexity index is 1240. The molecule has 0 amide bonds. The zero-order valence-corrected chi connectivity index (χ0v) is 18.8. The van der Waals surface area contributed by atoms with Gasteiger partial charge in [-0.3, -0.25) is 0 Å². The first-order valence-electron chi connectivity index (χ1n) is 11.4. The van der Waals surface area contributed by atoms with Crippen LogP contribution in [-0.2, 0) is 5.60 Å². The number of likely N-dealkylation sites (tertiary alicyclic amines) is 1. The van der Waals surface area contributed by atoms with Gasteiger partial charge in [-0.2, -0.15) is 0 Å². The van der Waals surface area contributed by atoms with E-state index in [2.05, 4.69) is 16.0 Å². The SMILES string of the molecule is COc1ccc2cc(C3(O)CCN(CC(O)COc4cccc5[nH]ccc45)CC3)ccc2c1. The van der Waals surface area contributed by atoms with Crippen molar-refractivity contribution in [3.05, 3.63) is 72.4 Å². The minimum Gasteiger partial charge on any atom is -0.497 e. The molecule has 1 aliphatic heterocycles. The molecule has 6 nitrogen and oxygen atoms in total. The average Bonchev–Trinajstić information content (AvgIpc) is 3.33. The van der Waals surface area contributed by atoms with Crippen LogP contribution < -0.4 is 9.47 Å². The lowest BCUT2D eigenvalue weighted by Gasteiger charge is -2.39. The fourth-order valence-corrected chi connectivity index (χ4v) is 4.75. The number of hydrogen-bond donors (Lipinski definition) is 3. The summed E-state index contributed by atoms with van der Waals surface area (Å²) in [5, 5.41) is 25.1. The summed E-state index contributed by atoms with van der Waals surface area (Å²) < 4.78 is 11.2. The van der Waals surface area contributed by atoms with E-state index in [1.807, 2.05) is 60.8 Å². The van der Waals surface area contributed by atoms with Crippen LogP contribution in [0.1, 0.15) is 18.4 Å². The van der Waals surface area contributed by atoms with Gasteiger partial charge >= 0.3 is 0 Å². The normalized spacial score (nSPS) is 17.3. The zero-order valence-electron chi connectivity index (χ0n) is 18.8. The molecule has 1 atom stereocenters. The van der Waals surface area contributed by atoms with Gasteiger partial charge in [0.2, 0.25) is 0 Å². The van der Waals surface area contributed by atoms with Gasteiger partial charge in [0, 0.05) is 36.7 Å². The molecule has 33 heavy (non-hydrogen) atoms. The van der Waals surface area contributed by atoms with Crippen LogP contribution >= 0.6 is 0 Å². The van der Waals surface area contributed by atoms with Crippen molar-refractivity contribution in [2.45, 2.75) is 24.5 Å². The number of H-pyrrole nitrogens is 1. The lowest BCUT2D eigenvalue weighted by Crippen LogP contribution is -2.46. The molecule has 1 unspecified atom stereocenters. The maximum atomic E-state index is 11.3. The highest BCUT2D eigenvalue weighted by Crippen LogP contribution is 2.35. The summed E-state index contributed by atoms with van der Waals surface area (Å²) in [7, 11) is 1.66. The second kappa shape index (κ2) is 9.06. The van der Waals surface area contributed by atoms with Gasteiger partial charge in [-0.05, 0) is 65.6 Å². The molecule has 0 bridgehead atoms. The molecule has 0 radical (unpaired) electrons. The molecule has 1 aromatic heterocycles. The molecule has 1 fully saturated rings. The molecule has 2 heterocycles. The topological polar surface area (TPSA) is 78.0 Å². The lowest BCUT2D eigenvalue weighted by atomic mass is 9.83. The molecule has 6 heteroatoms. The number of rotatable bonds is 7. The summed E-state index contributed by atoms with van der Waals surface area (Å²) in [6, 6.07) is 20.0.